The molecule has 0 bridgehead atoms. The Labute approximate surface area is 121 Å². The van der Waals surface area contributed by atoms with Crippen LogP contribution < -0.4 is 5.73 Å². The number of hydrogen-bond acceptors (Lipinski definition) is 4. The van der Waals surface area contributed by atoms with Gasteiger partial charge in [-0.3, -0.25) is 0 Å². The average Bonchev–Trinajstić information content (AvgIpc) is 2.72. The number of aromatic nitrogens is 1. The normalized spacial score (nSPS) is 12.6. The molecule has 96 valence electrons. The van der Waals surface area contributed by atoms with E-state index in [1.807, 2.05) is 25.1 Å². The van der Waals surface area contributed by atoms with Gasteiger partial charge in [0.25, 0.3) is 0 Å². The molecule has 2 N–H and O–H groups in total. The van der Waals surface area contributed by atoms with E-state index in [-0.39, 0.29) is 6.04 Å². The van der Waals surface area contributed by atoms with Gasteiger partial charge in [0.1, 0.15) is 0 Å². The molecular formula is C13H15ClN2S2. The van der Waals surface area contributed by atoms with E-state index in [1.165, 1.54) is 0 Å². The summed E-state index contributed by atoms with van der Waals surface area (Å²) in [6.45, 7) is 2.01. The maximum Gasteiger partial charge on any atom is 0.0897 e. The van der Waals surface area contributed by atoms with Crippen LogP contribution in [0, 0.1) is 6.92 Å². The second kappa shape index (κ2) is 6.57. The zero-order chi connectivity index (χ0) is 13.0. The first-order valence-corrected chi connectivity index (χ1v) is 7.93. The molecule has 0 aliphatic carbocycles. The summed E-state index contributed by atoms with van der Waals surface area (Å²) in [6, 6.07) is 7.97. The molecule has 1 heterocycles. The van der Waals surface area contributed by atoms with E-state index in [0.29, 0.717) is 0 Å². The number of nitrogens with zero attached hydrogens (tertiary/aromatic N) is 1. The molecule has 1 unspecified atom stereocenters. The molecule has 0 saturated heterocycles. The molecule has 18 heavy (non-hydrogen) atoms. The largest absolute Gasteiger partial charge is 0.327 e. The Balaban J connectivity index is 1.83. The minimum atomic E-state index is 0.121. The molecule has 0 saturated carbocycles. The minimum Gasteiger partial charge on any atom is -0.327 e. The van der Waals surface area contributed by atoms with Gasteiger partial charge in [-0.1, -0.05) is 17.7 Å². The first kappa shape index (κ1) is 13.9. The van der Waals surface area contributed by atoms with E-state index in [2.05, 4.69) is 16.4 Å². The van der Waals surface area contributed by atoms with Crippen LogP contribution >= 0.6 is 34.7 Å². The molecule has 0 radical (unpaired) electrons. The molecule has 0 spiro atoms. The van der Waals surface area contributed by atoms with Gasteiger partial charge in [-0.2, -0.15) is 0 Å². The number of thioether (sulfide) groups is 1. The van der Waals surface area contributed by atoms with Crippen molar-refractivity contribution in [2.45, 2.75) is 24.3 Å². The molecule has 5 heteroatoms. The predicted octanol–water partition coefficient (Wildman–Crippen LogP) is 3.77. The predicted molar refractivity (Wildman–Crippen MR) is 80.7 cm³/mol. The van der Waals surface area contributed by atoms with Crippen molar-refractivity contribution >= 4 is 34.7 Å². The quantitative estimate of drug-likeness (QED) is 0.854. The molecule has 0 aliphatic rings. The van der Waals surface area contributed by atoms with E-state index in [1.54, 1.807) is 23.1 Å². The molecule has 0 aliphatic heterocycles. The Morgan fingerprint density at radius 3 is 3.00 bits per heavy atom. The van der Waals surface area contributed by atoms with Crippen LogP contribution in [-0.2, 0) is 6.42 Å². The zero-order valence-corrected chi connectivity index (χ0v) is 12.5. The highest BCUT2D eigenvalue weighted by atomic mass is 35.5. The van der Waals surface area contributed by atoms with Gasteiger partial charge < -0.3 is 5.73 Å². The number of thiazole rings is 1. The maximum atomic E-state index is 6.11. The summed E-state index contributed by atoms with van der Waals surface area (Å²) in [5.41, 5.74) is 7.21. The fourth-order valence-electron chi connectivity index (χ4n) is 1.59. The van der Waals surface area contributed by atoms with Crippen LogP contribution in [0.5, 0.6) is 0 Å². The van der Waals surface area contributed by atoms with Crippen LogP contribution in [0.4, 0.5) is 0 Å². The number of halogens is 1. The molecule has 2 rings (SSSR count). The second-order valence-electron chi connectivity index (χ2n) is 4.09. The van der Waals surface area contributed by atoms with Crippen LogP contribution in [0.3, 0.4) is 0 Å². The molecule has 1 aromatic carbocycles. The summed E-state index contributed by atoms with van der Waals surface area (Å²) < 4.78 is 0. The lowest BCUT2D eigenvalue weighted by Gasteiger charge is -2.09. The van der Waals surface area contributed by atoms with E-state index in [4.69, 9.17) is 17.3 Å². The third-order valence-electron chi connectivity index (χ3n) is 2.40. The van der Waals surface area contributed by atoms with Gasteiger partial charge >= 0.3 is 0 Å². The molecule has 0 fully saturated rings. The van der Waals surface area contributed by atoms with E-state index in [9.17, 15) is 0 Å². The third kappa shape index (κ3) is 4.28. The second-order valence-corrected chi connectivity index (χ2v) is 6.68. The number of hydrogen-bond donors (Lipinski definition) is 1. The topological polar surface area (TPSA) is 38.9 Å². The summed E-state index contributed by atoms with van der Waals surface area (Å²) in [7, 11) is 0. The first-order chi connectivity index (χ1) is 8.63. The lowest BCUT2D eigenvalue weighted by Crippen LogP contribution is -2.25. The van der Waals surface area contributed by atoms with Gasteiger partial charge in [0.05, 0.1) is 10.7 Å². The maximum absolute atomic E-state index is 6.11. The fraction of sp³-hybridized carbons (Fsp3) is 0.308. The molecule has 2 nitrogen and oxygen atoms in total. The third-order valence-corrected chi connectivity index (χ3v) is 4.64. The van der Waals surface area contributed by atoms with Crippen LogP contribution in [-0.4, -0.2) is 16.8 Å². The molecule has 1 atom stereocenters. The Morgan fingerprint density at radius 2 is 2.33 bits per heavy atom. The van der Waals surface area contributed by atoms with E-state index < -0.39 is 0 Å². The Hall–Kier alpha value is -0.550. The van der Waals surface area contributed by atoms with Crippen molar-refractivity contribution in [1.82, 2.24) is 4.98 Å². The standard InChI is InChI=1S/C13H15ClN2S2/c1-9-16-12(8-17-9)6-11(15)7-18-13-4-2-3-10(14)5-13/h2-5,8,11H,6-7,15H2,1H3. The highest BCUT2D eigenvalue weighted by Crippen LogP contribution is 2.22. The van der Waals surface area contributed by atoms with Crippen molar-refractivity contribution in [3.63, 3.8) is 0 Å². The SMILES string of the molecule is Cc1nc(CC(N)CSc2cccc(Cl)c2)cs1. The van der Waals surface area contributed by atoms with E-state index >= 15 is 0 Å². The van der Waals surface area contributed by atoms with Crippen molar-refractivity contribution in [2.24, 2.45) is 5.73 Å². The number of aryl methyl sites for hydroxylation is 1. The van der Waals surface area contributed by atoms with Crippen molar-refractivity contribution in [2.75, 3.05) is 5.75 Å². The van der Waals surface area contributed by atoms with Crippen LogP contribution in [0.2, 0.25) is 5.02 Å². The van der Waals surface area contributed by atoms with Crippen LogP contribution in [0.15, 0.2) is 34.5 Å². The van der Waals surface area contributed by atoms with Gasteiger partial charge in [0.2, 0.25) is 0 Å². The summed E-state index contributed by atoms with van der Waals surface area (Å²) in [5.74, 6) is 0.872. The monoisotopic (exact) mass is 298 g/mol. The number of rotatable bonds is 5. The van der Waals surface area contributed by atoms with Gasteiger partial charge in [-0.05, 0) is 25.1 Å². The van der Waals surface area contributed by atoms with E-state index in [0.717, 1.165) is 32.8 Å². The summed E-state index contributed by atoms with van der Waals surface area (Å²) in [4.78, 5) is 5.59. The average molecular weight is 299 g/mol. The Kier molecular flexibility index (Phi) is 5.06. The lowest BCUT2D eigenvalue weighted by atomic mass is 10.2. The van der Waals surface area contributed by atoms with Gasteiger partial charge in [0, 0.05) is 33.5 Å². The van der Waals surface area contributed by atoms with Crippen molar-refractivity contribution in [3.05, 3.63) is 45.4 Å². The molecule has 0 amide bonds. The number of benzene rings is 1. The Bertz CT molecular complexity index is 513. The Morgan fingerprint density at radius 1 is 1.50 bits per heavy atom. The highest BCUT2D eigenvalue weighted by molar-refractivity contribution is 7.99. The number of nitrogens with two attached hydrogens (primary N) is 1. The zero-order valence-electron chi connectivity index (χ0n) is 10.1. The summed E-state index contributed by atoms with van der Waals surface area (Å²) >= 11 is 9.35. The van der Waals surface area contributed by atoms with Gasteiger partial charge in [0.15, 0.2) is 0 Å². The highest BCUT2D eigenvalue weighted by Gasteiger charge is 2.07. The molecular weight excluding hydrogens is 284 g/mol. The smallest absolute Gasteiger partial charge is 0.0897 e. The van der Waals surface area contributed by atoms with Crippen molar-refractivity contribution < 1.29 is 0 Å². The van der Waals surface area contributed by atoms with Crippen molar-refractivity contribution in [1.29, 1.82) is 0 Å². The minimum absolute atomic E-state index is 0.121. The van der Waals surface area contributed by atoms with Crippen LogP contribution in [0.1, 0.15) is 10.7 Å². The van der Waals surface area contributed by atoms with Crippen LogP contribution in [0.25, 0.3) is 0 Å². The van der Waals surface area contributed by atoms with Gasteiger partial charge in [-0.15, -0.1) is 23.1 Å². The summed E-state index contributed by atoms with van der Waals surface area (Å²) in [5, 5.41) is 3.95. The lowest BCUT2D eigenvalue weighted by molar-refractivity contribution is 0.734. The molecule has 1 aromatic heterocycles. The summed E-state index contributed by atoms with van der Waals surface area (Å²) in [6.07, 6.45) is 0.831. The fourth-order valence-corrected chi connectivity index (χ4v) is 3.38. The molecule has 2 aromatic rings. The van der Waals surface area contributed by atoms with Gasteiger partial charge in [-0.25, -0.2) is 4.98 Å². The van der Waals surface area contributed by atoms with Crippen molar-refractivity contribution in [3.8, 4) is 0 Å². The first-order valence-electron chi connectivity index (χ1n) is 5.68.